The summed E-state index contributed by atoms with van der Waals surface area (Å²) in [6.07, 6.45) is 43.1. The Kier molecular flexibility index (Phi) is 38.6. The normalized spacial score (nSPS) is 13.7. The lowest BCUT2D eigenvalue weighted by atomic mass is 10.1. The number of ether oxygens (including phenoxy) is 2. The number of hydrogen-bond donors (Lipinski definition) is 2. The molecule has 9 nitrogen and oxygen atoms in total. The van der Waals surface area contributed by atoms with Gasteiger partial charge in [0.2, 0.25) is 0 Å². The fourth-order valence-electron chi connectivity index (χ4n) is 5.78. The van der Waals surface area contributed by atoms with E-state index in [0.29, 0.717) is 6.42 Å². The SMILES string of the molecule is CCCCCC=CCC=CCCCCCCCCCCCC(=O)O[C@H](COC(=O)CCCCCCCC=CCCCCCC)COP(=O)(O)OCCN. The van der Waals surface area contributed by atoms with Crippen molar-refractivity contribution < 1.29 is 37.6 Å². The van der Waals surface area contributed by atoms with Gasteiger partial charge in [-0.2, -0.15) is 0 Å². The Hall–Kier alpha value is -1.77. The van der Waals surface area contributed by atoms with Crippen LogP contribution in [0.2, 0.25) is 0 Å². The molecule has 0 fully saturated rings. The van der Waals surface area contributed by atoms with Gasteiger partial charge < -0.3 is 20.1 Å². The quantitative estimate of drug-likeness (QED) is 0.0270. The number of rotatable bonds is 40. The highest BCUT2D eigenvalue weighted by atomic mass is 31.2. The van der Waals surface area contributed by atoms with Crippen LogP contribution in [0.25, 0.3) is 0 Å². The third-order valence-corrected chi connectivity index (χ3v) is 9.98. The summed E-state index contributed by atoms with van der Waals surface area (Å²) in [4.78, 5) is 34.8. The number of phosphoric acid groups is 1. The molecule has 0 saturated heterocycles. The van der Waals surface area contributed by atoms with Gasteiger partial charge in [-0.1, -0.05) is 147 Å². The van der Waals surface area contributed by atoms with Gasteiger partial charge >= 0.3 is 19.8 Å². The summed E-state index contributed by atoms with van der Waals surface area (Å²) in [6, 6.07) is 0. The van der Waals surface area contributed by atoms with Gasteiger partial charge in [-0.05, 0) is 70.6 Å². The van der Waals surface area contributed by atoms with Crippen molar-refractivity contribution >= 4 is 19.8 Å². The van der Waals surface area contributed by atoms with Crippen molar-refractivity contribution in [2.45, 2.75) is 200 Å². The van der Waals surface area contributed by atoms with Crippen LogP contribution in [0.5, 0.6) is 0 Å². The van der Waals surface area contributed by atoms with E-state index in [1.165, 1.54) is 89.9 Å². The highest BCUT2D eigenvalue weighted by molar-refractivity contribution is 7.47. The second-order valence-electron chi connectivity index (χ2n) is 14.2. The summed E-state index contributed by atoms with van der Waals surface area (Å²) in [5.41, 5.74) is 5.34. The van der Waals surface area contributed by atoms with Gasteiger partial charge in [0.05, 0.1) is 13.2 Å². The average molecular weight is 770 g/mol. The van der Waals surface area contributed by atoms with Crippen LogP contribution in [0.1, 0.15) is 194 Å². The van der Waals surface area contributed by atoms with Crippen LogP contribution in [-0.4, -0.2) is 49.3 Å². The van der Waals surface area contributed by atoms with Gasteiger partial charge in [0.15, 0.2) is 6.10 Å². The standard InChI is InChI=1S/C43H80NO8P/c1-3-5-7-9-11-13-15-17-18-19-20-21-22-24-26-28-30-32-34-36-43(46)52-41(40-51-53(47,48)50-38-37-44)39-49-42(45)35-33-31-29-27-25-23-16-14-12-10-8-6-4-2/h11,13-14,16-18,41H,3-10,12,15,19-40,44H2,1-2H3,(H,47,48)/t41-/m1/s1. The van der Waals surface area contributed by atoms with Crippen LogP contribution in [0, 0.1) is 0 Å². The van der Waals surface area contributed by atoms with Crippen molar-refractivity contribution in [1.29, 1.82) is 0 Å². The maximum atomic E-state index is 12.6. The minimum absolute atomic E-state index is 0.0513. The Balaban J connectivity index is 4.15. The van der Waals surface area contributed by atoms with Gasteiger partial charge in [-0.15, -0.1) is 0 Å². The van der Waals surface area contributed by atoms with E-state index in [1.54, 1.807) is 0 Å². The summed E-state index contributed by atoms with van der Waals surface area (Å²) in [7, 11) is -4.38. The predicted octanol–water partition coefficient (Wildman–Crippen LogP) is 12.2. The van der Waals surface area contributed by atoms with Crippen LogP contribution in [-0.2, 0) is 32.7 Å². The molecular formula is C43H80NO8P. The Labute approximate surface area is 324 Å². The lowest BCUT2D eigenvalue weighted by Crippen LogP contribution is -2.29. The molecule has 3 N–H and O–H groups in total. The van der Waals surface area contributed by atoms with Crippen molar-refractivity contribution in [3.8, 4) is 0 Å². The van der Waals surface area contributed by atoms with Crippen LogP contribution < -0.4 is 5.73 Å². The van der Waals surface area contributed by atoms with E-state index in [9.17, 15) is 19.0 Å². The summed E-state index contributed by atoms with van der Waals surface area (Å²) in [5.74, 6) is -0.842. The van der Waals surface area contributed by atoms with E-state index >= 15 is 0 Å². The number of carbonyl (C=O) groups is 2. The summed E-state index contributed by atoms with van der Waals surface area (Å²) < 4.78 is 32.7. The van der Waals surface area contributed by atoms with E-state index < -0.39 is 32.5 Å². The summed E-state index contributed by atoms with van der Waals surface area (Å²) in [5, 5.41) is 0. The molecule has 0 aromatic carbocycles. The van der Waals surface area contributed by atoms with Crippen molar-refractivity contribution in [3.63, 3.8) is 0 Å². The highest BCUT2D eigenvalue weighted by Crippen LogP contribution is 2.43. The zero-order valence-corrected chi connectivity index (χ0v) is 34.9. The van der Waals surface area contributed by atoms with E-state index in [1.807, 2.05) is 0 Å². The van der Waals surface area contributed by atoms with Crippen molar-refractivity contribution in [2.24, 2.45) is 5.73 Å². The molecule has 0 spiro atoms. The molecule has 0 aliphatic heterocycles. The average Bonchev–Trinajstić information content (AvgIpc) is 3.14. The molecule has 0 aliphatic rings. The molecule has 0 aromatic rings. The molecule has 0 amide bonds. The number of unbranched alkanes of at least 4 members (excludes halogenated alkanes) is 21. The minimum Gasteiger partial charge on any atom is -0.462 e. The zero-order chi connectivity index (χ0) is 38.9. The number of hydrogen-bond acceptors (Lipinski definition) is 8. The molecule has 0 heterocycles. The van der Waals surface area contributed by atoms with Crippen LogP contribution in [0.4, 0.5) is 0 Å². The Bertz CT molecular complexity index is 970. The van der Waals surface area contributed by atoms with Crippen LogP contribution in [0.3, 0.4) is 0 Å². The first kappa shape index (κ1) is 51.2. The number of phosphoric ester groups is 1. The van der Waals surface area contributed by atoms with Crippen molar-refractivity contribution in [2.75, 3.05) is 26.4 Å². The largest absolute Gasteiger partial charge is 0.472 e. The topological polar surface area (TPSA) is 134 Å². The highest BCUT2D eigenvalue weighted by Gasteiger charge is 2.26. The fourth-order valence-corrected chi connectivity index (χ4v) is 6.54. The van der Waals surface area contributed by atoms with Gasteiger partial charge in [-0.3, -0.25) is 18.6 Å². The van der Waals surface area contributed by atoms with E-state index in [-0.39, 0.29) is 32.6 Å². The molecule has 10 heteroatoms. The minimum atomic E-state index is -4.38. The number of esters is 2. The predicted molar refractivity (Wildman–Crippen MR) is 220 cm³/mol. The monoisotopic (exact) mass is 770 g/mol. The first-order chi connectivity index (χ1) is 25.8. The maximum Gasteiger partial charge on any atom is 0.472 e. The number of carbonyl (C=O) groups excluding carboxylic acids is 2. The summed E-state index contributed by atoms with van der Waals surface area (Å²) in [6.45, 7) is 3.68. The third-order valence-electron chi connectivity index (χ3n) is 9.00. The van der Waals surface area contributed by atoms with Gasteiger partial charge in [0.1, 0.15) is 6.61 Å². The molecule has 1 unspecified atom stereocenters. The Morgan fingerprint density at radius 2 is 0.981 bits per heavy atom. The number of allylic oxidation sites excluding steroid dienone is 6. The van der Waals surface area contributed by atoms with Crippen molar-refractivity contribution in [1.82, 2.24) is 0 Å². The molecule has 0 radical (unpaired) electrons. The van der Waals surface area contributed by atoms with Gasteiger partial charge in [-0.25, -0.2) is 4.57 Å². The second-order valence-corrected chi connectivity index (χ2v) is 15.7. The van der Waals surface area contributed by atoms with Gasteiger partial charge in [0, 0.05) is 19.4 Å². The molecule has 0 bridgehead atoms. The third kappa shape index (κ3) is 39.7. The first-order valence-corrected chi connectivity index (χ1v) is 23.0. The molecule has 0 rings (SSSR count). The van der Waals surface area contributed by atoms with E-state index in [4.69, 9.17) is 24.3 Å². The number of nitrogens with two attached hydrogens (primary N) is 1. The van der Waals surface area contributed by atoms with E-state index in [2.05, 4.69) is 50.3 Å². The zero-order valence-electron chi connectivity index (χ0n) is 34.0. The van der Waals surface area contributed by atoms with Crippen molar-refractivity contribution in [3.05, 3.63) is 36.5 Å². The lowest BCUT2D eigenvalue weighted by Gasteiger charge is -2.19. The molecule has 0 saturated carbocycles. The molecule has 0 aliphatic carbocycles. The van der Waals surface area contributed by atoms with E-state index in [0.717, 1.165) is 70.6 Å². The van der Waals surface area contributed by atoms with Gasteiger partial charge in [0.25, 0.3) is 0 Å². The maximum absolute atomic E-state index is 12.6. The Morgan fingerprint density at radius 3 is 1.49 bits per heavy atom. The Morgan fingerprint density at radius 1 is 0.566 bits per heavy atom. The second kappa shape index (κ2) is 39.9. The smallest absolute Gasteiger partial charge is 0.462 e. The van der Waals surface area contributed by atoms with Crippen LogP contribution in [0.15, 0.2) is 36.5 Å². The molecular weight excluding hydrogens is 689 g/mol. The molecule has 0 aromatic heterocycles. The fraction of sp³-hybridized carbons (Fsp3) is 0.814. The molecule has 310 valence electrons. The van der Waals surface area contributed by atoms with Crippen LogP contribution >= 0.6 is 7.82 Å². The lowest BCUT2D eigenvalue weighted by molar-refractivity contribution is -0.161. The molecule has 53 heavy (non-hydrogen) atoms. The first-order valence-electron chi connectivity index (χ1n) is 21.5. The molecule has 2 atom stereocenters. The summed E-state index contributed by atoms with van der Waals surface area (Å²) >= 11 is 0.